The maximum absolute atomic E-state index is 6.14. The summed E-state index contributed by atoms with van der Waals surface area (Å²) in [5, 5.41) is 5.27. The monoisotopic (exact) mass is 434 g/mol. The first-order valence-electron chi connectivity index (χ1n) is 10.6. The zero-order chi connectivity index (χ0) is 21.8. The number of hydrogen-bond acceptors (Lipinski definition) is 3. The van der Waals surface area contributed by atoms with Gasteiger partial charge in [-0.2, -0.15) is 0 Å². The molecule has 0 aromatic heterocycles. The summed E-state index contributed by atoms with van der Waals surface area (Å²) in [5.41, 5.74) is 2.99. The van der Waals surface area contributed by atoms with E-state index in [1.165, 1.54) is 21.5 Å². The van der Waals surface area contributed by atoms with E-state index in [0.717, 1.165) is 22.4 Å². The Morgan fingerprint density at radius 1 is 0.562 bits per heavy atom. The standard InChI is InChI=1S/C29H22O2S/c32-29(31-20-22-14-16-24-8-2-4-10-26(24)18-22)27-11-5-6-12-28(27)30-19-21-13-15-23-7-1-3-9-25(23)17-21/h1-18H,19-20H2. The van der Waals surface area contributed by atoms with Gasteiger partial charge in [-0.1, -0.05) is 84.9 Å². The molecule has 5 aromatic rings. The summed E-state index contributed by atoms with van der Waals surface area (Å²) in [4.78, 5) is 0. The van der Waals surface area contributed by atoms with Crippen LogP contribution in [0.1, 0.15) is 16.7 Å². The van der Waals surface area contributed by atoms with Crippen molar-refractivity contribution >= 4 is 38.8 Å². The van der Waals surface area contributed by atoms with E-state index in [9.17, 15) is 0 Å². The topological polar surface area (TPSA) is 18.5 Å². The maximum atomic E-state index is 6.14. The van der Waals surface area contributed by atoms with Gasteiger partial charge >= 0.3 is 0 Å². The summed E-state index contributed by atoms with van der Waals surface area (Å²) in [5.74, 6) is 0.726. The summed E-state index contributed by atoms with van der Waals surface area (Å²) >= 11 is 5.59. The first kappa shape index (κ1) is 20.2. The van der Waals surface area contributed by atoms with Crippen LogP contribution in [0.2, 0.25) is 0 Å². The molecule has 0 saturated heterocycles. The van der Waals surface area contributed by atoms with E-state index in [-0.39, 0.29) is 0 Å². The highest BCUT2D eigenvalue weighted by atomic mass is 32.1. The van der Waals surface area contributed by atoms with Crippen molar-refractivity contribution in [1.29, 1.82) is 0 Å². The van der Waals surface area contributed by atoms with E-state index >= 15 is 0 Å². The second-order valence-electron chi connectivity index (χ2n) is 7.72. The molecule has 0 heterocycles. The van der Waals surface area contributed by atoms with Crippen molar-refractivity contribution in [2.75, 3.05) is 0 Å². The Balaban J connectivity index is 1.27. The lowest BCUT2D eigenvalue weighted by Crippen LogP contribution is -2.07. The van der Waals surface area contributed by atoms with Gasteiger partial charge in [-0.15, -0.1) is 0 Å². The Labute approximate surface area is 193 Å². The molecule has 0 aliphatic heterocycles. The van der Waals surface area contributed by atoms with Crippen molar-refractivity contribution in [3.8, 4) is 5.75 Å². The van der Waals surface area contributed by atoms with Gasteiger partial charge in [0.05, 0.1) is 5.56 Å². The van der Waals surface area contributed by atoms with Crippen LogP contribution < -0.4 is 4.74 Å². The Morgan fingerprint density at radius 2 is 1.09 bits per heavy atom. The van der Waals surface area contributed by atoms with Crippen LogP contribution in [0.4, 0.5) is 0 Å². The molecule has 5 rings (SSSR count). The molecule has 0 aliphatic carbocycles. The number of rotatable bonds is 6. The number of benzene rings is 5. The van der Waals surface area contributed by atoms with E-state index in [0.29, 0.717) is 18.3 Å². The largest absolute Gasteiger partial charge is 0.488 e. The number of ether oxygens (including phenoxy) is 2. The highest BCUT2D eigenvalue weighted by molar-refractivity contribution is 7.80. The molecule has 0 aliphatic rings. The lowest BCUT2D eigenvalue weighted by molar-refractivity contribution is 0.290. The van der Waals surface area contributed by atoms with Gasteiger partial charge in [-0.25, -0.2) is 0 Å². The van der Waals surface area contributed by atoms with E-state index in [1.54, 1.807) is 0 Å². The average Bonchev–Trinajstić information content (AvgIpc) is 2.86. The highest BCUT2D eigenvalue weighted by Crippen LogP contribution is 2.23. The molecule has 0 spiro atoms. The molecule has 5 aromatic carbocycles. The first-order chi connectivity index (χ1) is 15.8. The van der Waals surface area contributed by atoms with Gasteiger partial charge in [0.15, 0.2) is 5.05 Å². The fraction of sp³-hybridized carbons (Fsp3) is 0.0690. The van der Waals surface area contributed by atoms with E-state index < -0.39 is 0 Å². The molecule has 0 radical (unpaired) electrons. The third-order valence-corrected chi connectivity index (χ3v) is 5.84. The van der Waals surface area contributed by atoms with Gasteiger partial charge in [0, 0.05) is 0 Å². The molecular weight excluding hydrogens is 412 g/mol. The number of para-hydroxylation sites is 1. The molecule has 3 heteroatoms. The lowest BCUT2D eigenvalue weighted by Gasteiger charge is -2.14. The normalized spacial score (nSPS) is 10.9. The van der Waals surface area contributed by atoms with Crippen LogP contribution in [0.25, 0.3) is 21.5 Å². The summed E-state index contributed by atoms with van der Waals surface area (Å²) < 4.78 is 12.1. The van der Waals surface area contributed by atoms with Crippen LogP contribution in [0.15, 0.2) is 109 Å². The molecule has 0 atom stereocenters. The van der Waals surface area contributed by atoms with Crippen molar-refractivity contribution in [2.45, 2.75) is 13.2 Å². The lowest BCUT2D eigenvalue weighted by atomic mass is 10.1. The van der Waals surface area contributed by atoms with Gasteiger partial charge in [-0.3, -0.25) is 0 Å². The molecular formula is C29H22O2S. The van der Waals surface area contributed by atoms with E-state index in [1.807, 2.05) is 48.5 Å². The average molecular weight is 435 g/mol. The van der Waals surface area contributed by atoms with Crippen LogP contribution in [0, 0.1) is 0 Å². The minimum atomic E-state index is 0.419. The molecule has 0 bridgehead atoms. The van der Waals surface area contributed by atoms with Crippen molar-refractivity contribution in [2.24, 2.45) is 0 Å². The Bertz CT molecular complexity index is 1410. The fourth-order valence-corrected chi connectivity index (χ4v) is 4.03. The van der Waals surface area contributed by atoms with Crippen molar-refractivity contribution in [3.05, 3.63) is 126 Å². The van der Waals surface area contributed by atoms with Crippen LogP contribution in [0.3, 0.4) is 0 Å². The van der Waals surface area contributed by atoms with E-state index in [4.69, 9.17) is 21.7 Å². The molecule has 0 fully saturated rings. The summed E-state index contributed by atoms with van der Waals surface area (Å²) in [6.45, 7) is 0.887. The van der Waals surface area contributed by atoms with Gasteiger partial charge in [0.1, 0.15) is 19.0 Å². The SMILES string of the molecule is S=C(OCc1ccc2ccccc2c1)c1ccccc1OCc1ccc2ccccc2c1. The number of thiocarbonyl (C=S) groups is 1. The van der Waals surface area contributed by atoms with Crippen LogP contribution in [-0.4, -0.2) is 5.05 Å². The Hall–Kier alpha value is -3.69. The summed E-state index contributed by atoms with van der Waals surface area (Å²) in [6.07, 6.45) is 0. The third-order valence-electron chi connectivity index (χ3n) is 5.50. The smallest absolute Gasteiger partial charge is 0.195 e. The summed E-state index contributed by atoms with van der Waals surface area (Å²) in [7, 11) is 0. The minimum absolute atomic E-state index is 0.419. The Kier molecular flexibility index (Phi) is 5.82. The third kappa shape index (κ3) is 4.48. The first-order valence-corrected chi connectivity index (χ1v) is 11.0. The number of hydrogen-bond donors (Lipinski definition) is 0. The zero-order valence-electron chi connectivity index (χ0n) is 17.5. The molecule has 0 unspecified atom stereocenters. The van der Waals surface area contributed by atoms with Crippen LogP contribution in [-0.2, 0) is 18.0 Å². The Morgan fingerprint density at radius 3 is 1.75 bits per heavy atom. The fourth-order valence-electron chi connectivity index (χ4n) is 3.81. The quantitative estimate of drug-likeness (QED) is 0.258. The second-order valence-corrected chi connectivity index (χ2v) is 8.09. The molecule has 0 N–H and O–H groups in total. The van der Waals surface area contributed by atoms with Gasteiger partial charge in [0.2, 0.25) is 0 Å². The van der Waals surface area contributed by atoms with Gasteiger partial charge < -0.3 is 9.47 Å². The predicted octanol–water partition coefficient (Wildman–Crippen LogP) is 7.46. The van der Waals surface area contributed by atoms with Crippen molar-refractivity contribution in [1.82, 2.24) is 0 Å². The zero-order valence-corrected chi connectivity index (χ0v) is 18.3. The van der Waals surface area contributed by atoms with Crippen LogP contribution >= 0.6 is 12.2 Å². The van der Waals surface area contributed by atoms with Gasteiger partial charge in [-0.05, 0) is 69.2 Å². The highest BCUT2D eigenvalue weighted by Gasteiger charge is 2.11. The van der Waals surface area contributed by atoms with Gasteiger partial charge in [0.25, 0.3) is 0 Å². The second kappa shape index (κ2) is 9.21. The molecule has 0 saturated carbocycles. The van der Waals surface area contributed by atoms with E-state index in [2.05, 4.69) is 60.7 Å². The molecule has 156 valence electrons. The number of fused-ring (bicyclic) bond motifs is 2. The maximum Gasteiger partial charge on any atom is 0.195 e. The van der Waals surface area contributed by atoms with Crippen LogP contribution in [0.5, 0.6) is 5.75 Å². The molecule has 2 nitrogen and oxygen atoms in total. The molecule has 0 amide bonds. The van der Waals surface area contributed by atoms with Crippen molar-refractivity contribution < 1.29 is 9.47 Å². The predicted molar refractivity (Wildman–Crippen MR) is 135 cm³/mol. The van der Waals surface area contributed by atoms with Crippen molar-refractivity contribution in [3.63, 3.8) is 0 Å². The minimum Gasteiger partial charge on any atom is -0.488 e. The molecule has 32 heavy (non-hydrogen) atoms. The summed E-state index contributed by atoms with van der Waals surface area (Å²) in [6, 6.07) is 37.1.